The Morgan fingerprint density at radius 2 is 2.08 bits per heavy atom. The first-order valence-corrected chi connectivity index (χ1v) is 4.64. The Hall–Kier alpha value is -0.570. The molecule has 3 heteroatoms. The first-order chi connectivity index (χ1) is 5.68. The van der Waals surface area contributed by atoms with Gasteiger partial charge in [0.2, 0.25) is 5.91 Å². The van der Waals surface area contributed by atoms with E-state index in [2.05, 4.69) is 12.2 Å². The number of unbranched alkanes of at least 4 members (excludes halogenated alkanes) is 3. The van der Waals surface area contributed by atoms with Crippen LogP contribution in [0.1, 0.15) is 39.5 Å². The van der Waals surface area contributed by atoms with Crippen molar-refractivity contribution in [3.63, 3.8) is 0 Å². The maximum atomic E-state index is 10.8. The molecule has 0 heterocycles. The van der Waals surface area contributed by atoms with Gasteiger partial charge in [-0.3, -0.25) is 4.79 Å². The molecule has 0 aromatic rings. The Bertz CT molecular complexity index is 124. The summed E-state index contributed by atoms with van der Waals surface area (Å²) in [5.74, 6) is -0.272. The number of aliphatic hydroxyl groups is 1. The van der Waals surface area contributed by atoms with Crippen molar-refractivity contribution >= 4 is 5.91 Å². The quantitative estimate of drug-likeness (QED) is 0.590. The van der Waals surface area contributed by atoms with Crippen LogP contribution in [0.4, 0.5) is 0 Å². The summed E-state index contributed by atoms with van der Waals surface area (Å²) in [7, 11) is 0. The summed E-state index contributed by atoms with van der Waals surface area (Å²) in [4.78, 5) is 10.8. The Balaban J connectivity index is 3.14. The summed E-state index contributed by atoms with van der Waals surface area (Å²) < 4.78 is 0. The topological polar surface area (TPSA) is 49.3 Å². The Morgan fingerprint density at radius 3 is 2.58 bits per heavy atom. The van der Waals surface area contributed by atoms with Gasteiger partial charge in [-0.1, -0.05) is 26.2 Å². The molecule has 0 aliphatic carbocycles. The number of hydrogen-bond acceptors (Lipinski definition) is 2. The molecule has 72 valence electrons. The van der Waals surface area contributed by atoms with Gasteiger partial charge in [0.15, 0.2) is 0 Å². The van der Waals surface area contributed by atoms with E-state index in [0.29, 0.717) is 6.54 Å². The summed E-state index contributed by atoms with van der Waals surface area (Å²) in [5, 5.41) is 11.5. The monoisotopic (exact) mass is 173 g/mol. The molecule has 0 aliphatic rings. The summed E-state index contributed by atoms with van der Waals surface area (Å²) in [6.45, 7) is 4.31. The van der Waals surface area contributed by atoms with E-state index in [1.807, 2.05) is 0 Å². The van der Waals surface area contributed by atoms with Crippen LogP contribution in [0, 0.1) is 0 Å². The lowest BCUT2D eigenvalue weighted by Crippen LogP contribution is -2.33. The van der Waals surface area contributed by atoms with E-state index in [-0.39, 0.29) is 5.91 Å². The van der Waals surface area contributed by atoms with Crippen molar-refractivity contribution in [2.45, 2.75) is 45.6 Å². The van der Waals surface area contributed by atoms with Crippen molar-refractivity contribution < 1.29 is 9.90 Å². The molecule has 0 fully saturated rings. The zero-order chi connectivity index (χ0) is 9.40. The van der Waals surface area contributed by atoms with Crippen molar-refractivity contribution in [3.8, 4) is 0 Å². The number of carbonyl (C=O) groups excluding carboxylic acids is 1. The van der Waals surface area contributed by atoms with E-state index < -0.39 is 6.10 Å². The summed E-state index contributed by atoms with van der Waals surface area (Å²) in [6, 6.07) is 0. The maximum absolute atomic E-state index is 10.8. The van der Waals surface area contributed by atoms with Gasteiger partial charge < -0.3 is 10.4 Å². The number of nitrogens with one attached hydrogen (secondary N) is 1. The van der Waals surface area contributed by atoms with Gasteiger partial charge in [0.05, 0.1) is 0 Å². The van der Waals surface area contributed by atoms with Gasteiger partial charge in [0.1, 0.15) is 6.10 Å². The highest BCUT2D eigenvalue weighted by Crippen LogP contribution is 1.96. The molecule has 0 unspecified atom stereocenters. The molecule has 2 N–H and O–H groups in total. The Morgan fingerprint density at radius 1 is 1.42 bits per heavy atom. The second kappa shape index (κ2) is 7.10. The van der Waals surface area contributed by atoms with Crippen LogP contribution in [0.25, 0.3) is 0 Å². The number of rotatable bonds is 6. The highest BCUT2D eigenvalue weighted by molar-refractivity contribution is 5.79. The SMILES string of the molecule is CCCCCCNC(=O)[C@@H](C)O. The molecule has 0 rings (SSSR count). The lowest BCUT2D eigenvalue weighted by atomic mass is 10.2. The van der Waals surface area contributed by atoms with Gasteiger partial charge in [-0.15, -0.1) is 0 Å². The summed E-state index contributed by atoms with van der Waals surface area (Å²) >= 11 is 0. The Kier molecular flexibility index (Phi) is 6.76. The fraction of sp³-hybridized carbons (Fsp3) is 0.889. The smallest absolute Gasteiger partial charge is 0.248 e. The predicted molar refractivity (Wildman–Crippen MR) is 48.8 cm³/mol. The first kappa shape index (κ1) is 11.4. The second-order valence-electron chi connectivity index (χ2n) is 3.03. The number of carbonyl (C=O) groups is 1. The maximum Gasteiger partial charge on any atom is 0.248 e. The zero-order valence-corrected chi connectivity index (χ0v) is 7.97. The molecular weight excluding hydrogens is 154 g/mol. The zero-order valence-electron chi connectivity index (χ0n) is 7.97. The summed E-state index contributed by atoms with van der Waals surface area (Å²) in [5.41, 5.74) is 0. The fourth-order valence-electron chi connectivity index (χ4n) is 0.911. The number of aliphatic hydroxyl groups excluding tert-OH is 1. The van der Waals surface area contributed by atoms with E-state index in [0.717, 1.165) is 12.8 Å². The number of hydrogen-bond donors (Lipinski definition) is 2. The van der Waals surface area contributed by atoms with Crippen LogP contribution in [0.2, 0.25) is 0 Å². The average Bonchev–Trinajstić information content (AvgIpc) is 2.03. The van der Waals surface area contributed by atoms with Crippen LogP contribution in [-0.2, 0) is 4.79 Å². The molecule has 0 bridgehead atoms. The van der Waals surface area contributed by atoms with E-state index in [4.69, 9.17) is 5.11 Å². The van der Waals surface area contributed by atoms with Crippen LogP contribution in [0.3, 0.4) is 0 Å². The summed E-state index contributed by atoms with van der Waals surface area (Å²) in [6.07, 6.45) is 3.69. The van der Waals surface area contributed by atoms with Crippen molar-refractivity contribution in [2.24, 2.45) is 0 Å². The third kappa shape index (κ3) is 6.16. The van der Waals surface area contributed by atoms with Gasteiger partial charge in [-0.05, 0) is 13.3 Å². The van der Waals surface area contributed by atoms with Gasteiger partial charge in [0.25, 0.3) is 0 Å². The van der Waals surface area contributed by atoms with Gasteiger partial charge in [-0.2, -0.15) is 0 Å². The molecule has 0 aliphatic heterocycles. The molecule has 0 radical (unpaired) electrons. The van der Waals surface area contributed by atoms with Crippen molar-refractivity contribution in [1.82, 2.24) is 5.32 Å². The lowest BCUT2D eigenvalue weighted by Gasteiger charge is -2.05. The van der Waals surface area contributed by atoms with Gasteiger partial charge >= 0.3 is 0 Å². The molecule has 1 atom stereocenters. The third-order valence-electron chi connectivity index (χ3n) is 1.71. The molecule has 12 heavy (non-hydrogen) atoms. The highest BCUT2D eigenvalue weighted by Gasteiger charge is 2.05. The van der Waals surface area contributed by atoms with E-state index >= 15 is 0 Å². The lowest BCUT2D eigenvalue weighted by molar-refractivity contribution is -0.128. The van der Waals surface area contributed by atoms with Crippen molar-refractivity contribution in [3.05, 3.63) is 0 Å². The molecular formula is C9H19NO2. The molecule has 0 saturated heterocycles. The molecule has 0 aromatic heterocycles. The average molecular weight is 173 g/mol. The van der Waals surface area contributed by atoms with Crippen LogP contribution in [-0.4, -0.2) is 23.7 Å². The van der Waals surface area contributed by atoms with E-state index in [1.165, 1.54) is 19.8 Å². The molecule has 0 saturated carbocycles. The first-order valence-electron chi connectivity index (χ1n) is 4.64. The molecule has 0 aromatic carbocycles. The van der Waals surface area contributed by atoms with Gasteiger partial charge in [-0.25, -0.2) is 0 Å². The highest BCUT2D eigenvalue weighted by atomic mass is 16.3. The standard InChI is InChI=1S/C9H19NO2/c1-3-4-5-6-7-10-9(12)8(2)11/h8,11H,3-7H2,1-2H3,(H,10,12)/t8-/m1/s1. The van der Waals surface area contributed by atoms with Gasteiger partial charge in [0, 0.05) is 6.54 Å². The van der Waals surface area contributed by atoms with E-state index in [9.17, 15) is 4.79 Å². The minimum atomic E-state index is -0.879. The third-order valence-corrected chi connectivity index (χ3v) is 1.71. The van der Waals surface area contributed by atoms with E-state index in [1.54, 1.807) is 0 Å². The van der Waals surface area contributed by atoms with Crippen molar-refractivity contribution in [2.75, 3.05) is 6.54 Å². The number of amides is 1. The van der Waals surface area contributed by atoms with Crippen molar-refractivity contribution in [1.29, 1.82) is 0 Å². The largest absolute Gasteiger partial charge is 0.384 e. The van der Waals surface area contributed by atoms with Crippen LogP contribution >= 0.6 is 0 Å². The molecule has 0 spiro atoms. The minimum Gasteiger partial charge on any atom is -0.384 e. The second-order valence-corrected chi connectivity index (χ2v) is 3.03. The minimum absolute atomic E-state index is 0.272. The normalized spacial score (nSPS) is 12.6. The van der Waals surface area contributed by atoms with Crippen LogP contribution in [0.5, 0.6) is 0 Å². The molecule has 1 amide bonds. The van der Waals surface area contributed by atoms with Crippen LogP contribution < -0.4 is 5.32 Å². The van der Waals surface area contributed by atoms with Crippen LogP contribution in [0.15, 0.2) is 0 Å². The fourth-order valence-corrected chi connectivity index (χ4v) is 0.911. The Labute approximate surface area is 74.2 Å². The molecule has 3 nitrogen and oxygen atoms in total. The predicted octanol–water partition coefficient (Wildman–Crippen LogP) is 1.06.